The van der Waals surface area contributed by atoms with Crippen LogP contribution < -0.4 is 0 Å². The van der Waals surface area contributed by atoms with Gasteiger partial charge in [-0.15, -0.1) is 0 Å². The Labute approximate surface area is 212 Å². The van der Waals surface area contributed by atoms with Crippen molar-refractivity contribution in [3.8, 4) is 0 Å². The summed E-state index contributed by atoms with van der Waals surface area (Å²) in [5, 5.41) is 0. The van der Waals surface area contributed by atoms with E-state index < -0.39 is 0 Å². The fourth-order valence-corrected chi connectivity index (χ4v) is 5.31. The predicted octanol–water partition coefficient (Wildman–Crippen LogP) is 9.65. The molecule has 0 radical (unpaired) electrons. The van der Waals surface area contributed by atoms with Gasteiger partial charge >= 0.3 is 0 Å². The first-order valence-electron chi connectivity index (χ1n) is 13.7. The molecule has 0 saturated carbocycles. The Bertz CT molecular complexity index is 1070. The third-order valence-corrected chi connectivity index (χ3v) is 7.61. The van der Waals surface area contributed by atoms with Crippen LogP contribution in [0.2, 0.25) is 0 Å². The number of hydrogen-bond acceptors (Lipinski definition) is 0. The van der Waals surface area contributed by atoms with Crippen LogP contribution in [-0.2, 0) is 19.3 Å². The van der Waals surface area contributed by atoms with Crippen molar-refractivity contribution in [1.29, 1.82) is 0 Å². The molecule has 0 nitrogen and oxygen atoms in total. The standard InChI is InChI=1S/C34H41F/c1-3-4-5-8-28-15-18-30(19-16-28)31-20-22-32(23-21-31)33-24-17-29(25-34(33)35)10-7-6-9-27-13-11-26(2)12-14-27/h11-20,22,24-25,31-32H,3-10,21,23H2,1-2H3. The maximum Gasteiger partial charge on any atom is 0.127 e. The molecule has 0 fully saturated rings. The van der Waals surface area contributed by atoms with Gasteiger partial charge in [0, 0.05) is 11.8 Å². The number of aryl methyl sites for hydroxylation is 4. The van der Waals surface area contributed by atoms with Crippen LogP contribution in [0.5, 0.6) is 0 Å². The zero-order valence-electron chi connectivity index (χ0n) is 21.6. The van der Waals surface area contributed by atoms with Gasteiger partial charge in [-0.3, -0.25) is 0 Å². The molecule has 0 spiro atoms. The van der Waals surface area contributed by atoms with Crippen molar-refractivity contribution >= 4 is 0 Å². The van der Waals surface area contributed by atoms with Crippen molar-refractivity contribution in [1.82, 2.24) is 0 Å². The van der Waals surface area contributed by atoms with E-state index in [4.69, 9.17) is 0 Å². The van der Waals surface area contributed by atoms with E-state index in [1.807, 2.05) is 6.07 Å². The average molecular weight is 469 g/mol. The van der Waals surface area contributed by atoms with Crippen LogP contribution in [0, 0.1) is 12.7 Å². The van der Waals surface area contributed by atoms with Gasteiger partial charge in [-0.05, 0) is 92.2 Å². The second kappa shape index (κ2) is 12.9. The molecule has 1 aliphatic carbocycles. The summed E-state index contributed by atoms with van der Waals surface area (Å²) in [7, 11) is 0. The molecule has 0 N–H and O–H groups in total. The molecular weight excluding hydrogens is 427 g/mol. The van der Waals surface area contributed by atoms with Crippen molar-refractivity contribution in [2.45, 2.75) is 89.9 Å². The minimum Gasteiger partial charge on any atom is -0.207 e. The van der Waals surface area contributed by atoms with Crippen LogP contribution in [0.15, 0.2) is 78.9 Å². The average Bonchev–Trinajstić information content (AvgIpc) is 2.89. The maximum absolute atomic E-state index is 15.0. The van der Waals surface area contributed by atoms with Gasteiger partial charge in [0.2, 0.25) is 0 Å². The van der Waals surface area contributed by atoms with Gasteiger partial charge in [0.15, 0.2) is 0 Å². The van der Waals surface area contributed by atoms with Gasteiger partial charge in [0.05, 0.1) is 0 Å². The second-order valence-corrected chi connectivity index (χ2v) is 10.4. The first-order valence-corrected chi connectivity index (χ1v) is 13.7. The first-order chi connectivity index (χ1) is 17.1. The molecule has 0 heterocycles. The van der Waals surface area contributed by atoms with Gasteiger partial charge in [0.1, 0.15) is 5.82 Å². The zero-order chi connectivity index (χ0) is 24.5. The summed E-state index contributed by atoms with van der Waals surface area (Å²) >= 11 is 0. The molecule has 2 unspecified atom stereocenters. The molecule has 2 atom stereocenters. The normalized spacial score (nSPS) is 17.6. The fraction of sp³-hybridized carbons (Fsp3) is 0.412. The Hall–Kier alpha value is -2.67. The minimum absolute atomic E-state index is 0.0365. The fourth-order valence-electron chi connectivity index (χ4n) is 5.31. The molecule has 0 aromatic heterocycles. The largest absolute Gasteiger partial charge is 0.207 e. The third kappa shape index (κ3) is 7.40. The lowest BCUT2D eigenvalue weighted by Crippen LogP contribution is -2.08. The van der Waals surface area contributed by atoms with Crippen molar-refractivity contribution in [3.63, 3.8) is 0 Å². The van der Waals surface area contributed by atoms with Crippen LogP contribution in [0.1, 0.15) is 97.1 Å². The van der Waals surface area contributed by atoms with E-state index in [-0.39, 0.29) is 11.7 Å². The highest BCUT2D eigenvalue weighted by Crippen LogP contribution is 2.36. The zero-order valence-corrected chi connectivity index (χ0v) is 21.6. The Morgan fingerprint density at radius 3 is 1.80 bits per heavy atom. The van der Waals surface area contributed by atoms with Crippen molar-refractivity contribution in [2.24, 2.45) is 0 Å². The van der Waals surface area contributed by atoms with Crippen LogP contribution >= 0.6 is 0 Å². The number of hydrogen-bond donors (Lipinski definition) is 0. The predicted molar refractivity (Wildman–Crippen MR) is 148 cm³/mol. The molecule has 0 bridgehead atoms. The van der Waals surface area contributed by atoms with Gasteiger partial charge in [-0.2, -0.15) is 0 Å². The lowest BCUT2D eigenvalue weighted by molar-refractivity contribution is 0.554. The molecule has 35 heavy (non-hydrogen) atoms. The lowest BCUT2D eigenvalue weighted by atomic mass is 9.81. The summed E-state index contributed by atoms with van der Waals surface area (Å²) in [6.07, 6.45) is 15.9. The van der Waals surface area contributed by atoms with Crippen molar-refractivity contribution in [3.05, 3.63) is 118 Å². The summed E-state index contributed by atoms with van der Waals surface area (Å²) in [6, 6.07) is 23.9. The van der Waals surface area contributed by atoms with E-state index >= 15 is 4.39 Å². The molecule has 184 valence electrons. The van der Waals surface area contributed by atoms with Crippen LogP contribution in [0.3, 0.4) is 0 Å². The number of allylic oxidation sites excluding steroid dienone is 2. The highest BCUT2D eigenvalue weighted by molar-refractivity contribution is 5.34. The van der Waals surface area contributed by atoms with Crippen LogP contribution in [-0.4, -0.2) is 0 Å². The highest BCUT2D eigenvalue weighted by Gasteiger charge is 2.21. The van der Waals surface area contributed by atoms with E-state index in [1.165, 1.54) is 47.9 Å². The van der Waals surface area contributed by atoms with E-state index in [9.17, 15) is 0 Å². The highest BCUT2D eigenvalue weighted by atomic mass is 19.1. The minimum atomic E-state index is -0.0365. The number of unbranched alkanes of at least 4 members (excludes halogenated alkanes) is 3. The number of halogens is 1. The number of rotatable bonds is 11. The molecule has 3 aromatic rings. The maximum atomic E-state index is 15.0. The molecular formula is C34H41F. The van der Waals surface area contributed by atoms with E-state index in [0.717, 1.165) is 49.7 Å². The van der Waals surface area contributed by atoms with Crippen molar-refractivity contribution < 1.29 is 4.39 Å². The Balaban J connectivity index is 1.27. The third-order valence-electron chi connectivity index (χ3n) is 7.61. The van der Waals surface area contributed by atoms with Gasteiger partial charge in [-0.25, -0.2) is 4.39 Å². The van der Waals surface area contributed by atoms with E-state index in [0.29, 0.717) is 5.92 Å². The summed E-state index contributed by atoms with van der Waals surface area (Å²) in [5.41, 5.74) is 7.50. The molecule has 1 heteroatoms. The molecule has 1 aliphatic rings. The monoisotopic (exact) mass is 468 g/mol. The smallest absolute Gasteiger partial charge is 0.127 e. The van der Waals surface area contributed by atoms with Crippen LogP contribution in [0.4, 0.5) is 4.39 Å². The van der Waals surface area contributed by atoms with E-state index in [2.05, 4.69) is 80.6 Å². The van der Waals surface area contributed by atoms with Crippen LogP contribution in [0.25, 0.3) is 0 Å². The Morgan fingerprint density at radius 2 is 1.20 bits per heavy atom. The van der Waals surface area contributed by atoms with Gasteiger partial charge in [-0.1, -0.05) is 98.1 Å². The SMILES string of the molecule is CCCCCc1ccc(C2C=CC(c3ccc(CCCCc4ccc(C)cc4)cc3F)CC2)cc1. The topological polar surface area (TPSA) is 0 Å². The first kappa shape index (κ1) is 25.4. The summed E-state index contributed by atoms with van der Waals surface area (Å²) < 4.78 is 15.0. The number of benzene rings is 3. The molecule has 0 amide bonds. The van der Waals surface area contributed by atoms with Gasteiger partial charge in [0.25, 0.3) is 0 Å². The second-order valence-electron chi connectivity index (χ2n) is 10.4. The Morgan fingerprint density at radius 1 is 0.657 bits per heavy atom. The Kier molecular flexibility index (Phi) is 9.35. The van der Waals surface area contributed by atoms with E-state index in [1.54, 1.807) is 6.07 Å². The quantitative estimate of drug-likeness (QED) is 0.194. The summed E-state index contributed by atoms with van der Waals surface area (Å²) in [6.45, 7) is 4.37. The summed E-state index contributed by atoms with van der Waals surface area (Å²) in [5.74, 6) is 0.604. The molecule has 0 saturated heterocycles. The molecule has 3 aromatic carbocycles. The van der Waals surface area contributed by atoms with Crippen molar-refractivity contribution in [2.75, 3.05) is 0 Å². The summed E-state index contributed by atoms with van der Waals surface area (Å²) in [4.78, 5) is 0. The molecule has 4 rings (SSSR count). The lowest BCUT2D eigenvalue weighted by Gasteiger charge is -2.24. The van der Waals surface area contributed by atoms with Gasteiger partial charge < -0.3 is 0 Å². The molecule has 0 aliphatic heterocycles.